The number of hydrogen-bond acceptors (Lipinski definition) is 6. The zero-order chi connectivity index (χ0) is 29.5. The van der Waals surface area contributed by atoms with Crippen LogP contribution in [-0.2, 0) is 23.8 Å². The SMILES string of the molecule is COCC(C)(COC)C(=O)N(C)CCCN(C)CC[C@@]1(OC(=O)C(C)C)C[C@H]2CC[C@@H]1C(c1ccccc1)=C2C. The molecule has 0 aromatic heterocycles. The second kappa shape index (κ2) is 14.1. The maximum Gasteiger partial charge on any atom is 0.308 e. The molecule has 7 nitrogen and oxygen atoms in total. The van der Waals surface area contributed by atoms with Crippen LogP contribution in [0, 0.1) is 23.2 Å². The van der Waals surface area contributed by atoms with Gasteiger partial charge in [-0.15, -0.1) is 0 Å². The van der Waals surface area contributed by atoms with Crippen LogP contribution in [-0.4, -0.2) is 88.4 Å². The molecule has 1 saturated carbocycles. The zero-order valence-electron chi connectivity index (χ0n) is 26.1. The van der Waals surface area contributed by atoms with Gasteiger partial charge in [-0.3, -0.25) is 9.59 Å². The predicted molar refractivity (Wildman–Crippen MR) is 160 cm³/mol. The molecule has 0 radical (unpaired) electrons. The number of amides is 1. The number of fused-ring (bicyclic) bond motifs is 2. The molecule has 0 spiro atoms. The van der Waals surface area contributed by atoms with E-state index in [9.17, 15) is 9.59 Å². The highest BCUT2D eigenvalue weighted by atomic mass is 16.6. The molecule has 224 valence electrons. The highest BCUT2D eigenvalue weighted by molar-refractivity contribution is 5.82. The first-order valence-electron chi connectivity index (χ1n) is 14.9. The van der Waals surface area contributed by atoms with Crippen LogP contribution in [0.4, 0.5) is 0 Å². The first kappa shape index (κ1) is 32.3. The average molecular weight is 557 g/mol. The molecule has 4 rings (SSSR count). The van der Waals surface area contributed by atoms with E-state index in [4.69, 9.17) is 14.2 Å². The van der Waals surface area contributed by atoms with Gasteiger partial charge in [0.05, 0.1) is 24.5 Å². The summed E-state index contributed by atoms with van der Waals surface area (Å²) in [4.78, 5) is 30.2. The second-order valence-corrected chi connectivity index (χ2v) is 12.7. The molecule has 3 aliphatic carbocycles. The molecule has 0 unspecified atom stereocenters. The fraction of sp³-hybridized carbons (Fsp3) is 0.697. The van der Waals surface area contributed by atoms with Gasteiger partial charge in [-0.25, -0.2) is 0 Å². The van der Waals surface area contributed by atoms with Gasteiger partial charge in [0.15, 0.2) is 0 Å². The normalized spacial score (nSPS) is 22.8. The number of benzene rings is 1. The smallest absolute Gasteiger partial charge is 0.308 e. The number of hydrogen-bond donors (Lipinski definition) is 0. The Morgan fingerprint density at radius 3 is 2.27 bits per heavy atom. The molecule has 3 aliphatic rings. The first-order valence-corrected chi connectivity index (χ1v) is 14.9. The molecule has 2 bridgehead atoms. The van der Waals surface area contributed by atoms with Crippen molar-refractivity contribution >= 4 is 17.4 Å². The van der Waals surface area contributed by atoms with Crippen molar-refractivity contribution in [2.45, 2.75) is 65.4 Å². The van der Waals surface area contributed by atoms with Crippen LogP contribution >= 0.6 is 0 Å². The highest BCUT2D eigenvalue weighted by Crippen LogP contribution is 2.56. The number of esters is 1. The van der Waals surface area contributed by atoms with E-state index in [1.807, 2.05) is 27.8 Å². The average Bonchev–Trinajstić information content (AvgIpc) is 2.93. The van der Waals surface area contributed by atoms with Crippen molar-refractivity contribution in [2.75, 3.05) is 61.2 Å². The fourth-order valence-electron chi connectivity index (χ4n) is 6.80. The summed E-state index contributed by atoms with van der Waals surface area (Å²) in [6, 6.07) is 10.7. The number of nitrogens with zero attached hydrogens (tertiary/aromatic N) is 2. The van der Waals surface area contributed by atoms with Crippen LogP contribution < -0.4 is 0 Å². The Morgan fingerprint density at radius 1 is 1.02 bits per heavy atom. The van der Waals surface area contributed by atoms with Gasteiger partial charge in [0.25, 0.3) is 0 Å². The largest absolute Gasteiger partial charge is 0.458 e. The number of rotatable bonds is 15. The van der Waals surface area contributed by atoms with Gasteiger partial charge < -0.3 is 24.0 Å². The standard InChI is InChI=1S/C33H52N2O5/c1-24(2)30(36)40-33(21-27-15-16-28(33)29(25(27)3)26-13-10-9-11-14-26)17-20-34(5)18-12-19-35(6)31(37)32(4,22-38-7)23-39-8/h9-11,13-14,24,27-28H,12,15-23H2,1-8H3/t27-,28-,33-/m1/s1. The Morgan fingerprint density at radius 2 is 1.68 bits per heavy atom. The molecule has 0 N–H and O–H groups in total. The summed E-state index contributed by atoms with van der Waals surface area (Å²) in [6.45, 7) is 11.0. The van der Waals surface area contributed by atoms with Crippen molar-refractivity contribution in [1.29, 1.82) is 0 Å². The van der Waals surface area contributed by atoms with Crippen LogP contribution in [0.1, 0.15) is 65.4 Å². The summed E-state index contributed by atoms with van der Waals surface area (Å²) in [5.41, 5.74) is 2.93. The van der Waals surface area contributed by atoms with Crippen LogP contribution in [0.2, 0.25) is 0 Å². The van der Waals surface area contributed by atoms with Crippen LogP contribution in [0.25, 0.3) is 5.57 Å². The monoisotopic (exact) mass is 556 g/mol. The van der Waals surface area contributed by atoms with Crippen molar-refractivity contribution in [2.24, 2.45) is 23.2 Å². The number of methoxy groups -OCH3 is 2. The van der Waals surface area contributed by atoms with Crippen LogP contribution in [0.3, 0.4) is 0 Å². The third-order valence-corrected chi connectivity index (χ3v) is 9.02. The van der Waals surface area contributed by atoms with E-state index in [-0.39, 0.29) is 23.7 Å². The fourth-order valence-corrected chi connectivity index (χ4v) is 6.80. The molecule has 7 heteroatoms. The molecule has 1 fully saturated rings. The zero-order valence-corrected chi connectivity index (χ0v) is 26.1. The van der Waals surface area contributed by atoms with E-state index in [0.29, 0.717) is 25.7 Å². The number of allylic oxidation sites excluding steroid dienone is 1. The Bertz CT molecular complexity index is 1020. The summed E-state index contributed by atoms with van der Waals surface area (Å²) in [7, 11) is 7.20. The van der Waals surface area contributed by atoms with Crippen LogP contribution in [0.5, 0.6) is 0 Å². The highest BCUT2D eigenvalue weighted by Gasteiger charge is 2.53. The molecule has 0 saturated heterocycles. The van der Waals surface area contributed by atoms with Gasteiger partial charge in [-0.05, 0) is 70.2 Å². The molecule has 3 atom stereocenters. The van der Waals surface area contributed by atoms with Crippen molar-refractivity contribution < 1.29 is 23.8 Å². The van der Waals surface area contributed by atoms with Gasteiger partial charge in [-0.2, -0.15) is 0 Å². The molecule has 1 amide bonds. The molecule has 0 aliphatic heterocycles. The minimum absolute atomic E-state index is 0.0345. The number of carbonyl (C=O) groups excluding carboxylic acids is 2. The Balaban J connectivity index is 1.68. The van der Waals surface area contributed by atoms with E-state index in [1.165, 1.54) is 16.7 Å². The van der Waals surface area contributed by atoms with E-state index in [0.717, 1.165) is 45.2 Å². The Labute approximate surface area is 242 Å². The molecular formula is C33H52N2O5. The second-order valence-electron chi connectivity index (χ2n) is 12.7. The van der Waals surface area contributed by atoms with Gasteiger partial charge in [0, 0.05) is 46.7 Å². The minimum Gasteiger partial charge on any atom is -0.458 e. The minimum atomic E-state index is -0.695. The summed E-state index contributed by atoms with van der Waals surface area (Å²) < 4.78 is 17.1. The summed E-state index contributed by atoms with van der Waals surface area (Å²) >= 11 is 0. The molecular weight excluding hydrogens is 504 g/mol. The maximum absolute atomic E-state index is 13.1. The lowest BCUT2D eigenvalue weighted by atomic mass is 9.57. The number of carbonyl (C=O) groups is 2. The van der Waals surface area contributed by atoms with Gasteiger partial charge in [0.2, 0.25) is 5.91 Å². The third kappa shape index (κ3) is 7.34. The summed E-state index contributed by atoms with van der Waals surface area (Å²) in [6.07, 6.45) is 4.78. The molecule has 1 aromatic rings. The van der Waals surface area contributed by atoms with Crippen molar-refractivity contribution in [3.8, 4) is 0 Å². The molecule has 1 aromatic carbocycles. The van der Waals surface area contributed by atoms with E-state index in [1.54, 1.807) is 19.1 Å². The van der Waals surface area contributed by atoms with Crippen LogP contribution in [0.15, 0.2) is 35.9 Å². The van der Waals surface area contributed by atoms with Crippen molar-refractivity contribution in [1.82, 2.24) is 9.80 Å². The van der Waals surface area contributed by atoms with Crippen molar-refractivity contribution in [3.05, 3.63) is 41.5 Å². The topological polar surface area (TPSA) is 68.3 Å². The lowest BCUT2D eigenvalue weighted by molar-refractivity contribution is -0.176. The summed E-state index contributed by atoms with van der Waals surface area (Å²) in [5.74, 6) is 0.427. The maximum atomic E-state index is 13.1. The van der Waals surface area contributed by atoms with Crippen molar-refractivity contribution in [3.63, 3.8) is 0 Å². The van der Waals surface area contributed by atoms with E-state index >= 15 is 0 Å². The lowest BCUT2D eigenvalue weighted by Gasteiger charge is -2.53. The predicted octanol–water partition coefficient (Wildman–Crippen LogP) is 5.30. The van der Waals surface area contributed by atoms with Gasteiger partial charge in [-0.1, -0.05) is 49.8 Å². The molecule has 0 heterocycles. The summed E-state index contributed by atoms with van der Waals surface area (Å²) in [5, 5.41) is 0. The van der Waals surface area contributed by atoms with Gasteiger partial charge >= 0.3 is 5.97 Å². The Kier molecular flexibility index (Phi) is 11.4. The van der Waals surface area contributed by atoms with E-state index in [2.05, 4.69) is 49.2 Å². The third-order valence-electron chi connectivity index (χ3n) is 9.02. The van der Waals surface area contributed by atoms with E-state index < -0.39 is 11.0 Å². The quantitative estimate of drug-likeness (QED) is 0.273. The Hall–Kier alpha value is -2.22. The first-order chi connectivity index (χ1) is 19.0. The molecule has 40 heavy (non-hydrogen) atoms. The van der Waals surface area contributed by atoms with Gasteiger partial charge in [0.1, 0.15) is 5.60 Å². The lowest BCUT2D eigenvalue weighted by Crippen LogP contribution is -2.53. The number of ether oxygens (including phenoxy) is 3.